The summed E-state index contributed by atoms with van der Waals surface area (Å²) in [6.07, 6.45) is 10.6. The zero-order valence-electron chi connectivity index (χ0n) is 7.12. The molecule has 0 aromatic rings. The Kier molecular flexibility index (Phi) is 3.58. The highest BCUT2D eigenvalue weighted by Gasteiger charge is 2.03. The molecule has 1 aliphatic rings. The average molecular weight is 166 g/mol. The Balaban J connectivity index is 2.52. The van der Waals surface area contributed by atoms with Crippen LogP contribution in [0.15, 0.2) is 23.8 Å². The second kappa shape index (κ2) is 4.75. The largest absolute Gasteiger partial charge is 0.481 e. The van der Waals surface area contributed by atoms with E-state index in [1.165, 1.54) is 6.42 Å². The quantitative estimate of drug-likeness (QED) is 0.684. The number of carboxylic acids is 1. The number of carboxylic acid groups (broad SMARTS) is 1. The van der Waals surface area contributed by atoms with Crippen molar-refractivity contribution in [2.75, 3.05) is 0 Å². The van der Waals surface area contributed by atoms with Crippen LogP contribution in [-0.4, -0.2) is 11.1 Å². The molecule has 0 amide bonds. The van der Waals surface area contributed by atoms with Crippen molar-refractivity contribution in [1.29, 1.82) is 0 Å². The molecule has 1 rings (SSSR count). The van der Waals surface area contributed by atoms with E-state index in [9.17, 15) is 4.79 Å². The predicted octanol–water partition coefficient (Wildman–Crippen LogP) is 2.52. The molecule has 12 heavy (non-hydrogen) atoms. The van der Waals surface area contributed by atoms with Gasteiger partial charge in [-0.3, -0.25) is 4.79 Å². The number of allylic oxidation sites excluding steroid dienone is 3. The monoisotopic (exact) mass is 166 g/mol. The molecule has 2 nitrogen and oxygen atoms in total. The van der Waals surface area contributed by atoms with Gasteiger partial charge in [-0.2, -0.15) is 0 Å². The highest BCUT2D eigenvalue weighted by molar-refractivity contribution is 5.70. The number of carbonyl (C=O) groups is 1. The molecule has 0 aromatic carbocycles. The van der Waals surface area contributed by atoms with Crippen molar-refractivity contribution in [3.8, 4) is 0 Å². The maximum Gasteiger partial charge on any atom is 0.307 e. The van der Waals surface area contributed by atoms with Crippen molar-refractivity contribution in [3.05, 3.63) is 23.8 Å². The molecule has 66 valence electrons. The van der Waals surface area contributed by atoms with Gasteiger partial charge in [0, 0.05) is 0 Å². The van der Waals surface area contributed by atoms with Crippen LogP contribution in [0.4, 0.5) is 0 Å². The van der Waals surface area contributed by atoms with Crippen LogP contribution in [0.25, 0.3) is 0 Å². The molecular weight excluding hydrogens is 152 g/mol. The number of aliphatic carboxylic acids is 1. The molecule has 0 aliphatic heterocycles. The van der Waals surface area contributed by atoms with Crippen molar-refractivity contribution in [2.24, 2.45) is 0 Å². The van der Waals surface area contributed by atoms with Gasteiger partial charge in [0.1, 0.15) is 0 Å². The maximum atomic E-state index is 10.4. The molecule has 1 N–H and O–H groups in total. The van der Waals surface area contributed by atoms with Crippen LogP contribution in [-0.2, 0) is 4.79 Å². The van der Waals surface area contributed by atoms with E-state index in [2.05, 4.69) is 6.08 Å². The Bertz CT molecular complexity index is 214. The van der Waals surface area contributed by atoms with E-state index in [4.69, 9.17) is 5.11 Å². The summed E-state index contributed by atoms with van der Waals surface area (Å²) in [7, 11) is 0. The lowest BCUT2D eigenvalue weighted by molar-refractivity contribution is -0.136. The summed E-state index contributed by atoms with van der Waals surface area (Å²) in [6, 6.07) is 0. The minimum atomic E-state index is -0.727. The molecular formula is C10H14O2. The Morgan fingerprint density at radius 2 is 2.33 bits per heavy atom. The fourth-order valence-corrected chi connectivity index (χ4v) is 1.34. The summed E-state index contributed by atoms with van der Waals surface area (Å²) in [6.45, 7) is 0. The first-order valence-corrected chi connectivity index (χ1v) is 4.35. The number of hydrogen-bond acceptors (Lipinski definition) is 1. The van der Waals surface area contributed by atoms with Crippen LogP contribution in [0.3, 0.4) is 0 Å². The van der Waals surface area contributed by atoms with E-state index in [0.717, 1.165) is 24.8 Å². The van der Waals surface area contributed by atoms with Crippen LogP contribution in [0.5, 0.6) is 0 Å². The minimum absolute atomic E-state index is 0.199. The van der Waals surface area contributed by atoms with Crippen LogP contribution >= 0.6 is 0 Å². The van der Waals surface area contributed by atoms with Gasteiger partial charge in [0.2, 0.25) is 0 Å². The van der Waals surface area contributed by atoms with Crippen molar-refractivity contribution in [3.63, 3.8) is 0 Å². The first-order valence-electron chi connectivity index (χ1n) is 4.35. The fourth-order valence-electron chi connectivity index (χ4n) is 1.34. The first kappa shape index (κ1) is 9.04. The summed E-state index contributed by atoms with van der Waals surface area (Å²) >= 11 is 0. The first-order chi connectivity index (χ1) is 5.79. The zero-order valence-corrected chi connectivity index (χ0v) is 7.12. The fraction of sp³-hybridized carbons (Fsp3) is 0.500. The van der Waals surface area contributed by atoms with Gasteiger partial charge in [-0.25, -0.2) is 0 Å². The topological polar surface area (TPSA) is 37.3 Å². The standard InChI is InChI=1S/C10H14O2/c11-10(12)8-9-6-4-2-1-3-5-7-9/h2,4,6H,1,3,5,7-8H2,(H,11,12). The minimum Gasteiger partial charge on any atom is -0.481 e. The Morgan fingerprint density at radius 1 is 1.50 bits per heavy atom. The molecule has 0 radical (unpaired) electrons. The summed E-state index contributed by atoms with van der Waals surface area (Å²) in [5, 5.41) is 8.56. The summed E-state index contributed by atoms with van der Waals surface area (Å²) in [5.74, 6) is -0.727. The van der Waals surface area contributed by atoms with Gasteiger partial charge < -0.3 is 5.11 Å². The van der Waals surface area contributed by atoms with Crippen molar-refractivity contribution in [1.82, 2.24) is 0 Å². The van der Waals surface area contributed by atoms with Gasteiger partial charge in [-0.15, -0.1) is 0 Å². The smallest absolute Gasteiger partial charge is 0.307 e. The van der Waals surface area contributed by atoms with Crippen LogP contribution in [0, 0.1) is 0 Å². The average Bonchev–Trinajstić information content (AvgIpc) is 1.93. The Labute approximate surface area is 72.6 Å². The number of hydrogen-bond donors (Lipinski definition) is 1. The third kappa shape index (κ3) is 3.37. The lowest BCUT2D eigenvalue weighted by atomic mass is 10.0. The summed E-state index contributed by atoms with van der Waals surface area (Å²) in [5.41, 5.74) is 1.04. The van der Waals surface area contributed by atoms with Gasteiger partial charge in [-0.1, -0.05) is 23.8 Å². The van der Waals surface area contributed by atoms with E-state index in [1.807, 2.05) is 12.2 Å². The van der Waals surface area contributed by atoms with Crippen molar-refractivity contribution < 1.29 is 9.90 Å². The predicted molar refractivity (Wildman–Crippen MR) is 47.9 cm³/mol. The normalized spacial score (nSPS) is 17.8. The van der Waals surface area contributed by atoms with Gasteiger partial charge in [0.25, 0.3) is 0 Å². The van der Waals surface area contributed by atoms with Gasteiger partial charge in [0.15, 0.2) is 0 Å². The Hall–Kier alpha value is -1.05. The van der Waals surface area contributed by atoms with E-state index < -0.39 is 5.97 Å². The molecule has 0 saturated carbocycles. The molecule has 0 heterocycles. The second-order valence-corrected chi connectivity index (χ2v) is 3.07. The molecule has 1 aliphatic carbocycles. The molecule has 0 atom stereocenters. The van der Waals surface area contributed by atoms with Gasteiger partial charge >= 0.3 is 5.97 Å². The van der Waals surface area contributed by atoms with Gasteiger partial charge in [0.05, 0.1) is 6.42 Å². The maximum absolute atomic E-state index is 10.4. The highest BCUT2D eigenvalue weighted by atomic mass is 16.4. The molecule has 0 fully saturated rings. The van der Waals surface area contributed by atoms with E-state index in [0.29, 0.717) is 0 Å². The lowest BCUT2D eigenvalue weighted by Gasteiger charge is -2.05. The van der Waals surface area contributed by atoms with Crippen LogP contribution in [0.2, 0.25) is 0 Å². The Morgan fingerprint density at radius 3 is 3.08 bits per heavy atom. The summed E-state index contributed by atoms with van der Waals surface area (Å²) < 4.78 is 0. The molecule has 0 bridgehead atoms. The van der Waals surface area contributed by atoms with E-state index in [1.54, 1.807) is 0 Å². The van der Waals surface area contributed by atoms with Crippen LogP contribution < -0.4 is 0 Å². The molecule has 0 spiro atoms. The molecule has 2 heteroatoms. The second-order valence-electron chi connectivity index (χ2n) is 3.07. The molecule has 0 aromatic heterocycles. The SMILES string of the molecule is O=C(O)CC1=CC=CCCCC1. The zero-order chi connectivity index (χ0) is 8.81. The highest BCUT2D eigenvalue weighted by Crippen LogP contribution is 2.15. The lowest BCUT2D eigenvalue weighted by Crippen LogP contribution is -1.98. The molecule has 0 unspecified atom stereocenters. The molecule has 0 saturated heterocycles. The van der Waals surface area contributed by atoms with Crippen molar-refractivity contribution in [2.45, 2.75) is 32.1 Å². The summed E-state index contributed by atoms with van der Waals surface area (Å²) in [4.78, 5) is 10.4. The third-order valence-electron chi connectivity index (χ3n) is 1.96. The van der Waals surface area contributed by atoms with E-state index >= 15 is 0 Å². The van der Waals surface area contributed by atoms with E-state index in [-0.39, 0.29) is 6.42 Å². The van der Waals surface area contributed by atoms with Crippen LogP contribution in [0.1, 0.15) is 32.1 Å². The number of rotatable bonds is 2. The van der Waals surface area contributed by atoms with Crippen molar-refractivity contribution >= 4 is 5.97 Å². The third-order valence-corrected chi connectivity index (χ3v) is 1.96. The van der Waals surface area contributed by atoms with Gasteiger partial charge in [-0.05, 0) is 25.7 Å².